The first-order valence-electron chi connectivity index (χ1n) is 8.35. The zero-order valence-corrected chi connectivity index (χ0v) is 15.2. The number of hydrogen-bond acceptors (Lipinski definition) is 5. The normalized spacial score (nSPS) is 15.6. The molecule has 0 saturated heterocycles. The van der Waals surface area contributed by atoms with E-state index in [0.717, 1.165) is 29.7 Å². The Morgan fingerprint density at radius 2 is 2.19 bits per heavy atom. The van der Waals surface area contributed by atoms with E-state index in [2.05, 4.69) is 12.2 Å². The highest BCUT2D eigenvalue weighted by Gasteiger charge is 2.27. The molecule has 0 saturated carbocycles. The molecule has 0 fully saturated rings. The van der Waals surface area contributed by atoms with Crippen molar-refractivity contribution in [2.24, 2.45) is 11.7 Å². The number of para-hydroxylation sites is 1. The number of nitrogens with zero attached hydrogens (tertiary/aromatic N) is 1. The third kappa shape index (κ3) is 3.70. The molecular formula is C19H19N3O3S. The van der Waals surface area contributed by atoms with Gasteiger partial charge in [0.1, 0.15) is 16.8 Å². The lowest BCUT2D eigenvalue weighted by Crippen LogP contribution is -2.23. The summed E-state index contributed by atoms with van der Waals surface area (Å²) in [4.78, 5) is 25.3. The van der Waals surface area contributed by atoms with Gasteiger partial charge in [0.15, 0.2) is 6.61 Å². The molecule has 0 radical (unpaired) electrons. The second-order valence-electron chi connectivity index (χ2n) is 6.36. The maximum absolute atomic E-state index is 12.3. The Hall–Kier alpha value is -2.85. The fourth-order valence-electron chi connectivity index (χ4n) is 3.09. The monoisotopic (exact) mass is 369 g/mol. The SMILES string of the molecule is CC1CCc2c(sc(NC(=O)COc3ccccc3C#N)c2C(N)=O)C1. The van der Waals surface area contributed by atoms with Crippen molar-refractivity contribution in [3.05, 3.63) is 45.8 Å². The third-order valence-electron chi connectivity index (χ3n) is 4.38. The number of nitrogens with one attached hydrogen (secondary N) is 1. The average Bonchev–Trinajstić information content (AvgIpc) is 2.97. The van der Waals surface area contributed by atoms with E-state index in [4.69, 9.17) is 15.7 Å². The van der Waals surface area contributed by atoms with Gasteiger partial charge in [-0.25, -0.2) is 0 Å². The number of rotatable bonds is 5. The molecule has 3 N–H and O–H groups in total. The van der Waals surface area contributed by atoms with Crippen LogP contribution in [0.15, 0.2) is 24.3 Å². The molecule has 1 heterocycles. The predicted octanol–water partition coefficient (Wildman–Crippen LogP) is 2.86. The lowest BCUT2D eigenvalue weighted by atomic mass is 9.88. The summed E-state index contributed by atoms with van der Waals surface area (Å²) in [6.07, 6.45) is 2.70. The van der Waals surface area contributed by atoms with E-state index < -0.39 is 11.8 Å². The number of nitriles is 1. The summed E-state index contributed by atoms with van der Waals surface area (Å²) < 4.78 is 5.44. The van der Waals surface area contributed by atoms with Crippen molar-refractivity contribution in [1.29, 1.82) is 5.26 Å². The smallest absolute Gasteiger partial charge is 0.262 e. The van der Waals surface area contributed by atoms with E-state index in [-0.39, 0.29) is 6.61 Å². The minimum atomic E-state index is -0.525. The maximum Gasteiger partial charge on any atom is 0.262 e. The molecule has 1 aliphatic carbocycles. The summed E-state index contributed by atoms with van der Waals surface area (Å²) in [5.41, 5.74) is 7.29. The number of amides is 2. The molecule has 1 aromatic heterocycles. The number of hydrogen-bond donors (Lipinski definition) is 2. The fourth-order valence-corrected chi connectivity index (χ4v) is 4.52. The van der Waals surface area contributed by atoms with Gasteiger partial charge in [-0.3, -0.25) is 9.59 Å². The molecule has 0 bridgehead atoms. The Morgan fingerprint density at radius 3 is 2.92 bits per heavy atom. The summed E-state index contributed by atoms with van der Waals surface area (Å²) in [5, 5.41) is 12.3. The highest BCUT2D eigenvalue weighted by atomic mass is 32.1. The second-order valence-corrected chi connectivity index (χ2v) is 7.47. The number of carbonyl (C=O) groups excluding carboxylic acids is 2. The van der Waals surface area contributed by atoms with E-state index in [9.17, 15) is 9.59 Å². The number of anilines is 1. The van der Waals surface area contributed by atoms with Crippen LogP contribution in [0.3, 0.4) is 0 Å². The average molecular weight is 369 g/mol. The van der Waals surface area contributed by atoms with Crippen molar-refractivity contribution in [2.75, 3.05) is 11.9 Å². The van der Waals surface area contributed by atoms with Crippen LogP contribution in [0, 0.1) is 17.2 Å². The molecule has 1 aliphatic rings. The van der Waals surface area contributed by atoms with E-state index >= 15 is 0 Å². The molecule has 26 heavy (non-hydrogen) atoms. The molecule has 0 aliphatic heterocycles. The molecule has 2 aromatic rings. The minimum Gasteiger partial charge on any atom is -0.482 e. The van der Waals surface area contributed by atoms with E-state index in [1.54, 1.807) is 24.3 Å². The maximum atomic E-state index is 12.3. The van der Waals surface area contributed by atoms with Crippen molar-refractivity contribution in [2.45, 2.75) is 26.2 Å². The van der Waals surface area contributed by atoms with Crippen LogP contribution in [-0.2, 0) is 17.6 Å². The van der Waals surface area contributed by atoms with Crippen molar-refractivity contribution < 1.29 is 14.3 Å². The largest absolute Gasteiger partial charge is 0.482 e. The zero-order chi connectivity index (χ0) is 18.7. The van der Waals surface area contributed by atoms with Crippen molar-refractivity contribution in [1.82, 2.24) is 0 Å². The van der Waals surface area contributed by atoms with Gasteiger partial charge in [0.05, 0.1) is 11.1 Å². The highest BCUT2D eigenvalue weighted by molar-refractivity contribution is 7.17. The summed E-state index contributed by atoms with van der Waals surface area (Å²) in [6, 6.07) is 8.72. The van der Waals surface area contributed by atoms with Crippen LogP contribution in [0.1, 0.15) is 39.7 Å². The van der Waals surface area contributed by atoms with E-state index in [1.807, 2.05) is 6.07 Å². The first-order valence-corrected chi connectivity index (χ1v) is 9.17. The van der Waals surface area contributed by atoms with Gasteiger partial charge in [0.2, 0.25) is 0 Å². The number of thiophene rings is 1. The van der Waals surface area contributed by atoms with Crippen LogP contribution in [-0.4, -0.2) is 18.4 Å². The van der Waals surface area contributed by atoms with Gasteiger partial charge in [-0.05, 0) is 42.9 Å². The number of primary amides is 1. The summed E-state index contributed by atoms with van der Waals surface area (Å²) in [5.74, 6) is -0.0224. The molecule has 2 amide bonds. The van der Waals surface area contributed by atoms with Crippen molar-refractivity contribution >= 4 is 28.2 Å². The van der Waals surface area contributed by atoms with E-state index in [0.29, 0.717) is 27.8 Å². The Labute approximate surface area is 155 Å². The number of ether oxygens (including phenoxy) is 1. The van der Waals surface area contributed by atoms with Crippen LogP contribution < -0.4 is 15.8 Å². The molecule has 1 aromatic carbocycles. The minimum absolute atomic E-state index is 0.254. The lowest BCUT2D eigenvalue weighted by molar-refractivity contribution is -0.118. The number of carbonyl (C=O) groups is 2. The topological polar surface area (TPSA) is 105 Å². The third-order valence-corrected chi connectivity index (χ3v) is 5.55. The number of fused-ring (bicyclic) bond motifs is 1. The first kappa shape index (κ1) is 18.0. The molecule has 3 rings (SSSR count). The molecule has 6 nitrogen and oxygen atoms in total. The van der Waals surface area contributed by atoms with Crippen LogP contribution in [0.4, 0.5) is 5.00 Å². The second kappa shape index (κ2) is 7.58. The summed E-state index contributed by atoms with van der Waals surface area (Å²) in [7, 11) is 0. The molecule has 134 valence electrons. The molecule has 1 atom stereocenters. The fraction of sp³-hybridized carbons (Fsp3) is 0.316. The first-order chi connectivity index (χ1) is 12.5. The van der Waals surface area contributed by atoms with Crippen LogP contribution in [0.25, 0.3) is 0 Å². The molecular weight excluding hydrogens is 350 g/mol. The van der Waals surface area contributed by atoms with Gasteiger partial charge < -0.3 is 15.8 Å². The van der Waals surface area contributed by atoms with Crippen molar-refractivity contribution in [3.8, 4) is 11.8 Å². The summed E-state index contributed by atoms with van der Waals surface area (Å²) in [6.45, 7) is 1.92. The standard InChI is InChI=1S/C19H19N3O3S/c1-11-6-7-13-15(8-11)26-19(17(13)18(21)24)22-16(23)10-25-14-5-3-2-4-12(14)9-20/h2-5,11H,6-8,10H2,1H3,(H2,21,24)(H,22,23). The van der Waals surface area contributed by atoms with E-state index in [1.165, 1.54) is 11.3 Å². The Balaban J connectivity index is 1.73. The van der Waals surface area contributed by atoms with Crippen LogP contribution >= 0.6 is 11.3 Å². The van der Waals surface area contributed by atoms with Gasteiger partial charge >= 0.3 is 0 Å². The Morgan fingerprint density at radius 1 is 1.42 bits per heavy atom. The van der Waals surface area contributed by atoms with Gasteiger partial charge in [0.25, 0.3) is 11.8 Å². The number of benzene rings is 1. The van der Waals surface area contributed by atoms with Gasteiger partial charge in [-0.1, -0.05) is 19.1 Å². The Bertz CT molecular complexity index is 898. The molecule has 0 spiro atoms. The quantitative estimate of drug-likeness (QED) is 0.845. The molecule has 7 heteroatoms. The Kier molecular flexibility index (Phi) is 5.24. The van der Waals surface area contributed by atoms with Crippen molar-refractivity contribution in [3.63, 3.8) is 0 Å². The van der Waals surface area contributed by atoms with Crippen LogP contribution in [0.5, 0.6) is 5.75 Å². The zero-order valence-electron chi connectivity index (χ0n) is 14.4. The number of nitrogens with two attached hydrogens (primary N) is 1. The van der Waals surface area contributed by atoms with Gasteiger partial charge in [-0.2, -0.15) is 5.26 Å². The van der Waals surface area contributed by atoms with Gasteiger partial charge in [-0.15, -0.1) is 11.3 Å². The lowest BCUT2D eigenvalue weighted by Gasteiger charge is -2.18. The predicted molar refractivity (Wildman–Crippen MR) is 99.3 cm³/mol. The highest BCUT2D eigenvalue weighted by Crippen LogP contribution is 2.39. The van der Waals surface area contributed by atoms with Gasteiger partial charge in [0, 0.05) is 4.88 Å². The molecule has 1 unspecified atom stereocenters. The summed E-state index contributed by atoms with van der Waals surface area (Å²) >= 11 is 1.41. The van der Waals surface area contributed by atoms with Crippen LogP contribution in [0.2, 0.25) is 0 Å².